The molecule has 1 atom stereocenters. The Balaban J connectivity index is 2.29. The highest BCUT2D eigenvalue weighted by atomic mass is 16.1. The topological polar surface area (TPSA) is 17.1 Å². The van der Waals surface area contributed by atoms with Crippen molar-refractivity contribution in [2.75, 3.05) is 0 Å². The summed E-state index contributed by atoms with van der Waals surface area (Å²) in [6.07, 6.45) is 13.2. The van der Waals surface area contributed by atoms with Gasteiger partial charge in [-0.25, -0.2) is 0 Å². The molecule has 1 nitrogen and oxygen atoms in total. The van der Waals surface area contributed by atoms with Crippen molar-refractivity contribution in [3.8, 4) is 0 Å². The molecule has 0 fully saturated rings. The third kappa shape index (κ3) is 1.55. The first-order valence-corrected chi connectivity index (χ1v) is 4.54. The minimum Gasteiger partial charge on any atom is -0.295 e. The molecule has 13 heavy (non-hydrogen) atoms. The summed E-state index contributed by atoms with van der Waals surface area (Å²) in [5.74, 6) is 0.618. The molecule has 0 saturated carbocycles. The number of rotatable bonds is 1. The molecule has 0 radical (unpaired) electrons. The molecule has 0 amide bonds. The molecule has 2 aliphatic carbocycles. The summed E-state index contributed by atoms with van der Waals surface area (Å²) in [5, 5.41) is 0. The van der Waals surface area contributed by atoms with Crippen LogP contribution in [0, 0.1) is 5.92 Å². The number of carbonyl (C=O) groups excluding carboxylic acids is 1. The lowest BCUT2D eigenvalue weighted by Gasteiger charge is -2.20. The Bertz CT molecular complexity index is 353. The third-order valence-electron chi connectivity index (χ3n) is 2.54. The zero-order valence-electron chi connectivity index (χ0n) is 7.66. The van der Waals surface area contributed by atoms with Gasteiger partial charge in [0, 0.05) is 5.92 Å². The molecule has 2 rings (SSSR count). The molecule has 0 aromatic carbocycles. The number of hydrogen-bond acceptors (Lipinski definition) is 1. The number of Topliss-reactive ketones (excluding diaryl/α,β-unsaturated/α-hetero) is 1. The van der Waals surface area contributed by atoms with E-state index in [1.54, 1.807) is 6.92 Å². The third-order valence-corrected chi connectivity index (χ3v) is 2.54. The van der Waals surface area contributed by atoms with Crippen molar-refractivity contribution in [1.82, 2.24) is 0 Å². The second-order valence-corrected chi connectivity index (χ2v) is 3.47. The van der Waals surface area contributed by atoms with Crippen molar-refractivity contribution in [1.29, 1.82) is 0 Å². The summed E-state index contributed by atoms with van der Waals surface area (Å²) in [5.41, 5.74) is 2.25. The highest BCUT2D eigenvalue weighted by Gasteiger charge is 2.18. The Labute approximate surface area is 78.1 Å². The summed E-state index contributed by atoms with van der Waals surface area (Å²) >= 11 is 0. The van der Waals surface area contributed by atoms with E-state index in [0.29, 0.717) is 5.92 Å². The second kappa shape index (κ2) is 3.17. The van der Waals surface area contributed by atoms with Crippen molar-refractivity contribution in [3.05, 3.63) is 47.6 Å². The molecule has 0 aromatic rings. The molecule has 1 unspecified atom stereocenters. The number of hydrogen-bond donors (Lipinski definition) is 0. The molecule has 0 spiro atoms. The van der Waals surface area contributed by atoms with E-state index >= 15 is 0 Å². The van der Waals surface area contributed by atoms with Crippen LogP contribution in [0.25, 0.3) is 0 Å². The van der Waals surface area contributed by atoms with Crippen LogP contribution >= 0.6 is 0 Å². The first-order valence-electron chi connectivity index (χ1n) is 4.54. The lowest BCUT2D eigenvalue weighted by atomic mass is 9.83. The highest BCUT2D eigenvalue weighted by Crippen LogP contribution is 2.29. The first kappa shape index (κ1) is 8.24. The summed E-state index contributed by atoms with van der Waals surface area (Å²) in [6, 6.07) is 0. The SMILES string of the molecule is CC(=O)C1=CC=C2C=CC=CC2C1. The van der Waals surface area contributed by atoms with E-state index in [9.17, 15) is 4.79 Å². The Hall–Kier alpha value is -1.37. The average molecular weight is 172 g/mol. The van der Waals surface area contributed by atoms with Gasteiger partial charge in [0.2, 0.25) is 0 Å². The molecule has 0 bridgehead atoms. The van der Waals surface area contributed by atoms with E-state index < -0.39 is 0 Å². The van der Waals surface area contributed by atoms with Gasteiger partial charge in [-0.2, -0.15) is 0 Å². The van der Waals surface area contributed by atoms with Crippen LogP contribution in [0.4, 0.5) is 0 Å². The Morgan fingerprint density at radius 1 is 1.38 bits per heavy atom. The minimum absolute atomic E-state index is 0.193. The number of carbonyl (C=O) groups is 1. The molecule has 0 heterocycles. The van der Waals surface area contributed by atoms with E-state index in [1.807, 2.05) is 24.3 Å². The van der Waals surface area contributed by atoms with Crippen LogP contribution < -0.4 is 0 Å². The van der Waals surface area contributed by atoms with Crippen LogP contribution in [0.15, 0.2) is 47.6 Å². The maximum absolute atomic E-state index is 11.1. The number of allylic oxidation sites excluding steroid dienone is 8. The van der Waals surface area contributed by atoms with Gasteiger partial charge >= 0.3 is 0 Å². The van der Waals surface area contributed by atoms with Crippen molar-refractivity contribution < 1.29 is 4.79 Å². The zero-order valence-corrected chi connectivity index (χ0v) is 7.66. The van der Waals surface area contributed by atoms with Crippen LogP contribution in [0.2, 0.25) is 0 Å². The van der Waals surface area contributed by atoms with E-state index in [-0.39, 0.29) is 5.78 Å². The van der Waals surface area contributed by atoms with Crippen LogP contribution in [-0.4, -0.2) is 5.78 Å². The molecule has 0 saturated heterocycles. The maximum Gasteiger partial charge on any atom is 0.155 e. The molecule has 1 heteroatoms. The highest BCUT2D eigenvalue weighted by molar-refractivity contribution is 5.94. The van der Waals surface area contributed by atoms with E-state index in [2.05, 4.69) is 12.2 Å². The first-order chi connectivity index (χ1) is 6.27. The van der Waals surface area contributed by atoms with E-state index in [0.717, 1.165) is 12.0 Å². The van der Waals surface area contributed by atoms with Crippen LogP contribution in [-0.2, 0) is 4.79 Å². The predicted molar refractivity (Wildman–Crippen MR) is 53.2 cm³/mol. The van der Waals surface area contributed by atoms with Gasteiger partial charge in [0.1, 0.15) is 0 Å². The standard InChI is InChI=1S/C12H12O/c1-9(13)11-7-6-10-4-2-3-5-12(10)8-11/h2-7,12H,8H2,1H3. The smallest absolute Gasteiger partial charge is 0.155 e. The molecule has 0 aromatic heterocycles. The predicted octanol–water partition coefficient (Wildman–Crippen LogP) is 2.57. The lowest BCUT2D eigenvalue weighted by molar-refractivity contribution is -0.113. The van der Waals surface area contributed by atoms with Gasteiger partial charge < -0.3 is 0 Å². The van der Waals surface area contributed by atoms with Gasteiger partial charge in [0.15, 0.2) is 5.78 Å². The fourth-order valence-electron chi connectivity index (χ4n) is 1.73. The number of ketones is 1. The molecule has 0 aliphatic heterocycles. The van der Waals surface area contributed by atoms with Crippen LogP contribution in [0.3, 0.4) is 0 Å². The van der Waals surface area contributed by atoms with E-state index in [1.165, 1.54) is 5.57 Å². The van der Waals surface area contributed by atoms with Gasteiger partial charge in [-0.1, -0.05) is 36.5 Å². The van der Waals surface area contributed by atoms with Crippen LogP contribution in [0.5, 0.6) is 0 Å². The molecular weight excluding hydrogens is 160 g/mol. The van der Waals surface area contributed by atoms with E-state index in [4.69, 9.17) is 0 Å². The summed E-state index contributed by atoms with van der Waals surface area (Å²) < 4.78 is 0. The van der Waals surface area contributed by atoms with Gasteiger partial charge in [0.05, 0.1) is 0 Å². The zero-order chi connectivity index (χ0) is 9.26. The largest absolute Gasteiger partial charge is 0.295 e. The lowest BCUT2D eigenvalue weighted by Crippen LogP contribution is -2.10. The van der Waals surface area contributed by atoms with Gasteiger partial charge in [-0.3, -0.25) is 4.79 Å². The van der Waals surface area contributed by atoms with Crippen LogP contribution in [0.1, 0.15) is 13.3 Å². The maximum atomic E-state index is 11.1. The van der Waals surface area contributed by atoms with Crippen molar-refractivity contribution >= 4 is 5.78 Å². The van der Waals surface area contributed by atoms with Gasteiger partial charge in [-0.15, -0.1) is 0 Å². The summed E-state index contributed by atoms with van der Waals surface area (Å²) in [6.45, 7) is 1.63. The quantitative estimate of drug-likeness (QED) is 0.594. The van der Waals surface area contributed by atoms with Gasteiger partial charge in [-0.05, 0) is 24.5 Å². The summed E-state index contributed by atoms with van der Waals surface area (Å²) in [7, 11) is 0. The number of fused-ring (bicyclic) bond motifs is 1. The Morgan fingerprint density at radius 3 is 3.00 bits per heavy atom. The fraction of sp³-hybridized carbons (Fsp3) is 0.250. The minimum atomic E-state index is 0.193. The average Bonchev–Trinajstić information content (AvgIpc) is 2.17. The molecule has 66 valence electrons. The summed E-state index contributed by atoms with van der Waals surface area (Å²) in [4.78, 5) is 11.1. The van der Waals surface area contributed by atoms with Gasteiger partial charge in [0.25, 0.3) is 0 Å². The fourth-order valence-corrected chi connectivity index (χ4v) is 1.73. The molecule has 0 N–H and O–H groups in total. The normalized spacial score (nSPS) is 24.8. The Morgan fingerprint density at radius 2 is 2.23 bits per heavy atom. The Kier molecular flexibility index (Phi) is 2.01. The second-order valence-electron chi connectivity index (χ2n) is 3.47. The molecule has 2 aliphatic rings. The molecular formula is C12H12O. The monoisotopic (exact) mass is 172 g/mol. The van der Waals surface area contributed by atoms with Crippen molar-refractivity contribution in [3.63, 3.8) is 0 Å². The van der Waals surface area contributed by atoms with Crippen molar-refractivity contribution in [2.45, 2.75) is 13.3 Å². The van der Waals surface area contributed by atoms with Crippen molar-refractivity contribution in [2.24, 2.45) is 5.92 Å².